The van der Waals surface area contributed by atoms with Crippen LogP contribution in [0.4, 0.5) is 0 Å². The minimum absolute atomic E-state index is 0.814. The van der Waals surface area contributed by atoms with Gasteiger partial charge in [-0.2, -0.15) is 5.10 Å². The van der Waals surface area contributed by atoms with Gasteiger partial charge in [0.15, 0.2) is 0 Å². The van der Waals surface area contributed by atoms with Gasteiger partial charge >= 0.3 is 0 Å². The molecule has 0 radical (unpaired) electrons. The van der Waals surface area contributed by atoms with E-state index in [1.165, 1.54) is 38.5 Å². The third-order valence-electron chi connectivity index (χ3n) is 4.13. The number of nitrogens with zero attached hydrogens (tertiary/aromatic N) is 2. The van der Waals surface area contributed by atoms with Gasteiger partial charge in [-0.1, -0.05) is 19.8 Å². The quantitative estimate of drug-likeness (QED) is 0.687. The van der Waals surface area contributed by atoms with Crippen LogP contribution in [0.5, 0.6) is 0 Å². The second-order valence-corrected chi connectivity index (χ2v) is 5.35. The average Bonchev–Trinajstić information content (AvgIpc) is 2.82. The highest BCUT2D eigenvalue weighted by Crippen LogP contribution is 2.37. The van der Waals surface area contributed by atoms with Gasteiger partial charge < -0.3 is 0 Å². The van der Waals surface area contributed by atoms with E-state index in [0.29, 0.717) is 0 Å². The van der Waals surface area contributed by atoms with Crippen LogP contribution < -0.4 is 0 Å². The number of aromatic nitrogens is 2. The molecule has 1 aliphatic heterocycles. The van der Waals surface area contributed by atoms with E-state index in [1.807, 2.05) is 0 Å². The van der Waals surface area contributed by atoms with Crippen molar-refractivity contribution in [2.24, 2.45) is 5.92 Å². The number of rotatable bonds is 1. The first-order valence-electron chi connectivity index (χ1n) is 6.39. The molecule has 2 nitrogen and oxygen atoms in total. The lowest BCUT2D eigenvalue weighted by Crippen LogP contribution is -2.19. The van der Waals surface area contributed by atoms with Gasteiger partial charge in [0, 0.05) is 12.2 Å². The number of hydrogen-bond acceptors (Lipinski definition) is 1. The van der Waals surface area contributed by atoms with Crippen LogP contribution in [0.25, 0.3) is 0 Å². The van der Waals surface area contributed by atoms with E-state index in [9.17, 15) is 0 Å². The number of hydrogen-bond donors (Lipinski definition) is 0. The summed E-state index contributed by atoms with van der Waals surface area (Å²) < 4.78 is 2.27. The maximum absolute atomic E-state index is 4.57. The zero-order chi connectivity index (χ0) is 10.3. The molecule has 0 aromatic carbocycles. The van der Waals surface area contributed by atoms with E-state index in [0.717, 1.165) is 18.4 Å². The first-order valence-corrected chi connectivity index (χ1v) is 6.39. The molecule has 1 unspecified atom stereocenters. The van der Waals surface area contributed by atoms with E-state index in [4.69, 9.17) is 0 Å². The molecule has 1 saturated carbocycles. The summed E-state index contributed by atoms with van der Waals surface area (Å²) in [6.07, 6.45) is 10.4. The van der Waals surface area contributed by atoms with Gasteiger partial charge in [-0.15, -0.1) is 0 Å². The summed E-state index contributed by atoms with van der Waals surface area (Å²) in [7, 11) is 0. The molecule has 0 saturated heterocycles. The van der Waals surface area contributed by atoms with Gasteiger partial charge in [-0.25, -0.2) is 0 Å². The van der Waals surface area contributed by atoms with E-state index < -0.39 is 0 Å². The van der Waals surface area contributed by atoms with Gasteiger partial charge in [0.2, 0.25) is 0 Å². The van der Waals surface area contributed by atoms with Crippen molar-refractivity contribution >= 4 is 0 Å². The summed E-state index contributed by atoms with van der Waals surface area (Å²) in [5, 5.41) is 4.57. The monoisotopic (exact) mass is 204 g/mol. The molecule has 1 aliphatic carbocycles. The Hall–Kier alpha value is -0.790. The van der Waals surface area contributed by atoms with E-state index >= 15 is 0 Å². The molecular weight excluding hydrogens is 184 g/mol. The first kappa shape index (κ1) is 9.44. The minimum Gasteiger partial charge on any atom is -0.269 e. The SMILES string of the molecule is CC1CCc2c(C3CCCC3)cnn2C1. The fraction of sp³-hybridized carbons (Fsp3) is 0.769. The Balaban J connectivity index is 1.90. The highest BCUT2D eigenvalue weighted by Gasteiger charge is 2.25. The van der Waals surface area contributed by atoms with Crippen molar-refractivity contribution in [3.63, 3.8) is 0 Å². The fourth-order valence-electron chi connectivity index (χ4n) is 3.20. The topological polar surface area (TPSA) is 17.8 Å². The zero-order valence-corrected chi connectivity index (χ0v) is 9.58. The van der Waals surface area contributed by atoms with Crippen molar-refractivity contribution in [1.29, 1.82) is 0 Å². The second kappa shape index (κ2) is 3.66. The van der Waals surface area contributed by atoms with Crippen LogP contribution in [0.2, 0.25) is 0 Å². The summed E-state index contributed by atoms with van der Waals surface area (Å²) >= 11 is 0. The Morgan fingerprint density at radius 1 is 1.27 bits per heavy atom. The summed E-state index contributed by atoms with van der Waals surface area (Å²) in [5.74, 6) is 1.65. The molecule has 0 spiro atoms. The lowest BCUT2D eigenvalue weighted by molar-refractivity contribution is 0.370. The van der Waals surface area contributed by atoms with Gasteiger partial charge in [0.1, 0.15) is 0 Å². The Morgan fingerprint density at radius 3 is 2.87 bits per heavy atom. The molecule has 2 aliphatic rings. The molecular formula is C13H20N2. The molecule has 82 valence electrons. The third-order valence-corrected chi connectivity index (χ3v) is 4.13. The Kier molecular flexibility index (Phi) is 2.30. The average molecular weight is 204 g/mol. The van der Waals surface area contributed by atoms with Crippen LogP contribution in [0.1, 0.15) is 56.2 Å². The standard InChI is InChI=1S/C13H20N2/c1-10-6-7-13-12(8-14-15(13)9-10)11-4-2-3-5-11/h8,10-11H,2-7,9H2,1H3. The normalized spacial score (nSPS) is 26.9. The Labute approximate surface area is 91.7 Å². The van der Waals surface area contributed by atoms with Crippen molar-refractivity contribution in [1.82, 2.24) is 9.78 Å². The summed E-state index contributed by atoms with van der Waals surface area (Å²) in [6.45, 7) is 3.47. The number of fused-ring (bicyclic) bond motifs is 1. The predicted octanol–water partition coefficient (Wildman–Crippen LogP) is 3.12. The molecule has 1 atom stereocenters. The Bertz CT molecular complexity index is 347. The van der Waals surface area contributed by atoms with E-state index in [-0.39, 0.29) is 0 Å². The second-order valence-electron chi connectivity index (χ2n) is 5.35. The van der Waals surface area contributed by atoms with Crippen molar-refractivity contribution in [2.75, 3.05) is 0 Å². The van der Waals surface area contributed by atoms with Crippen LogP contribution in [0, 0.1) is 5.92 Å². The smallest absolute Gasteiger partial charge is 0.0527 e. The first-order chi connectivity index (χ1) is 7.34. The highest BCUT2D eigenvalue weighted by atomic mass is 15.3. The Morgan fingerprint density at radius 2 is 2.07 bits per heavy atom. The van der Waals surface area contributed by atoms with Crippen molar-refractivity contribution < 1.29 is 0 Å². The van der Waals surface area contributed by atoms with Gasteiger partial charge in [-0.05, 0) is 43.1 Å². The lowest BCUT2D eigenvalue weighted by Gasteiger charge is -2.22. The van der Waals surface area contributed by atoms with Gasteiger partial charge in [0.25, 0.3) is 0 Å². The molecule has 3 rings (SSSR count). The minimum atomic E-state index is 0.814. The largest absolute Gasteiger partial charge is 0.269 e. The van der Waals surface area contributed by atoms with Crippen LogP contribution in [-0.4, -0.2) is 9.78 Å². The molecule has 2 heterocycles. The maximum Gasteiger partial charge on any atom is 0.0527 e. The maximum atomic E-state index is 4.57. The van der Waals surface area contributed by atoms with Gasteiger partial charge in [0.05, 0.1) is 6.20 Å². The van der Waals surface area contributed by atoms with E-state index in [1.54, 1.807) is 11.3 Å². The predicted molar refractivity (Wildman–Crippen MR) is 60.9 cm³/mol. The van der Waals surface area contributed by atoms with Crippen LogP contribution in [-0.2, 0) is 13.0 Å². The molecule has 1 aromatic rings. The summed E-state index contributed by atoms with van der Waals surface area (Å²) in [6, 6.07) is 0. The van der Waals surface area contributed by atoms with E-state index in [2.05, 4.69) is 22.9 Å². The summed E-state index contributed by atoms with van der Waals surface area (Å²) in [4.78, 5) is 0. The zero-order valence-electron chi connectivity index (χ0n) is 9.58. The molecule has 1 aromatic heterocycles. The van der Waals surface area contributed by atoms with Crippen LogP contribution in [0.15, 0.2) is 6.20 Å². The highest BCUT2D eigenvalue weighted by molar-refractivity contribution is 5.24. The molecule has 0 N–H and O–H groups in total. The summed E-state index contributed by atoms with van der Waals surface area (Å²) in [5.41, 5.74) is 3.14. The van der Waals surface area contributed by atoms with Crippen LogP contribution >= 0.6 is 0 Å². The van der Waals surface area contributed by atoms with Crippen LogP contribution in [0.3, 0.4) is 0 Å². The molecule has 15 heavy (non-hydrogen) atoms. The van der Waals surface area contributed by atoms with Gasteiger partial charge in [-0.3, -0.25) is 4.68 Å². The molecule has 1 fully saturated rings. The molecule has 2 heteroatoms. The van der Waals surface area contributed by atoms with Crippen molar-refractivity contribution in [3.8, 4) is 0 Å². The van der Waals surface area contributed by atoms with Crippen molar-refractivity contribution in [2.45, 2.75) is 57.9 Å². The lowest BCUT2D eigenvalue weighted by atomic mass is 9.92. The molecule has 0 amide bonds. The third kappa shape index (κ3) is 1.60. The molecule has 0 bridgehead atoms. The fourth-order valence-corrected chi connectivity index (χ4v) is 3.20. The van der Waals surface area contributed by atoms with Crippen molar-refractivity contribution in [3.05, 3.63) is 17.5 Å².